The summed E-state index contributed by atoms with van der Waals surface area (Å²) in [6, 6.07) is 8.36. The highest BCUT2D eigenvalue weighted by atomic mass is 35.5. The first-order chi connectivity index (χ1) is 8.65. The molecule has 1 atom stereocenters. The lowest BCUT2D eigenvalue weighted by Gasteiger charge is -2.14. The lowest BCUT2D eigenvalue weighted by Crippen LogP contribution is -2.01. The maximum Gasteiger partial charge on any atom is 0.193 e. The molecule has 5 heteroatoms. The molecule has 1 heterocycles. The zero-order valence-electron chi connectivity index (χ0n) is 10.0. The Morgan fingerprint density at radius 2 is 1.94 bits per heavy atom. The smallest absolute Gasteiger partial charge is 0.193 e. The molecule has 0 fully saturated rings. The number of benzene rings is 1. The minimum Gasteiger partial charge on any atom is -0.497 e. The van der Waals surface area contributed by atoms with E-state index in [1.807, 2.05) is 0 Å². The van der Waals surface area contributed by atoms with Gasteiger partial charge in [-0.2, -0.15) is 0 Å². The van der Waals surface area contributed by atoms with E-state index in [0.29, 0.717) is 22.8 Å². The van der Waals surface area contributed by atoms with Crippen molar-refractivity contribution < 1.29 is 19.0 Å². The van der Waals surface area contributed by atoms with Crippen molar-refractivity contribution in [3.63, 3.8) is 0 Å². The number of hydrogen-bond acceptors (Lipinski definition) is 4. The predicted molar refractivity (Wildman–Crippen MR) is 67.3 cm³/mol. The van der Waals surface area contributed by atoms with Gasteiger partial charge in [-0.15, -0.1) is 0 Å². The molecule has 0 aliphatic carbocycles. The fourth-order valence-electron chi connectivity index (χ4n) is 1.67. The summed E-state index contributed by atoms with van der Waals surface area (Å²) in [4.78, 5) is 0. The van der Waals surface area contributed by atoms with Crippen LogP contribution in [0.2, 0.25) is 5.22 Å². The molecular formula is C13H13ClO4. The summed E-state index contributed by atoms with van der Waals surface area (Å²) in [5.41, 5.74) is 0.587. The molecule has 1 N–H and O–H groups in total. The standard InChI is InChI=1S/C13H13ClO4/c1-16-8-3-4-9(11(7-8)17-2)13(15)10-5-6-12(14)18-10/h3-7,13,15H,1-2H3. The van der Waals surface area contributed by atoms with E-state index in [-0.39, 0.29) is 5.22 Å². The molecule has 1 unspecified atom stereocenters. The van der Waals surface area contributed by atoms with E-state index in [4.69, 9.17) is 25.5 Å². The van der Waals surface area contributed by atoms with Gasteiger partial charge in [0.2, 0.25) is 0 Å². The first kappa shape index (κ1) is 12.8. The number of methoxy groups -OCH3 is 2. The second-order valence-corrected chi connectivity index (χ2v) is 4.02. The van der Waals surface area contributed by atoms with Crippen LogP contribution in [0, 0.1) is 0 Å². The molecule has 0 aliphatic heterocycles. The van der Waals surface area contributed by atoms with Crippen LogP contribution in [-0.4, -0.2) is 19.3 Å². The van der Waals surface area contributed by atoms with Gasteiger partial charge in [-0.25, -0.2) is 0 Å². The van der Waals surface area contributed by atoms with Crippen LogP contribution in [0.25, 0.3) is 0 Å². The average Bonchev–Trinajstić information content (AvgIpc) is 2.83. The van der Waals surface area contributed by atoms with Crippen molar-refractivity contribution in [2.45, 2.75) is 6.10 Å². The number of halogens is 1. The maximum atomic E-state index is 10.2. The van der Waals surface area contributed by atoms with Gasteiger partial charge >= 0.3 is 0 Å². The summed E-state index contributed by atoms with van der Waals surface area (Å²) in [5.74, 6) is 1.54. The molecule has 1 aromatic heterocycles. The molecule has 2 aromatic rings. The third kappa shape index (κ3) is 2.44. The van der Waals surface area contributed by atoms with Gasteiger partial charge in [-0.05, 0) is 35.9 Å². The van der Waals surface area contributed by atoms with Crippen LogP contribution in [0.15, 0.2) is 34.7 Å². The number of furan rings is 1. The van der Waals surface area contributed by atoms with Gasteiger partial charge in [-0.3, -0.25) is 0 Å². The Bertz CT molecular complexity index is 536. The molecule has 0 radical (unpaired) electrons. The maximum absolute atomic E-state index is 10.2. The normalized spacial score (nSPS) is 12.2. The summed E-state index contributed by atoms with van der Waals surface area (Å²) in [7, 11) is 3.09. The Labute approximate surface area is 110 Å². The SMILES string of the molecule is COc1ccc(C(O)c2ccc(Cl)o2)c(OC)c1. The zero-order valence-corrected chi connectivity index (χ0v) is 10.8. The van der Waals surface area contributed by atoms with Gasteiger partial charge in [0.1, 0.15) is 23.4 Å². The van der Waals surface area contributed by atoms with Crippen molar-refractivity contribution in [2.75, 3.05) is 14.2 Å². The van der Waals surface area contributed by atoms with Crippen molar-refractivity contribution >= 4 is 11.6 Å². The largest absolute Gasteiger partial charge is 0.497 e. The average molecular weight is 269 g/mol. The summed E-state index contributed by atoms with van der Waals surface area (Å²) in [5, 5.41) is 10.4. The lowest BCUT2D eigenvalue weighted by atomic mass is 10.1. The number of hydrogen-bond donors (Lipinski definition) is 1. The first-order valence-electron chi connectivity index (χ1n) is 5.31. The van der Waals surface area contributed by atoms with Crippen molar-refractivity contribution in [2.24, 2.45) is 0 Å². The number of rotatable bonds is 4. The molecule has 0 saturated carbocycles. The van der Waals surface area contributed by atoms with Crippen LogP contribution in [0.3, 0.4) is 0 Å². The number of aliphatic hydroxyl groups is 1. The lowest BCUT2D eigenvalue weighted by molar-refractivity contribution is 0.185. The van der Waals surface area contributed by atoms with Gasteiger partial charge < -0.3 is 19.0 Å². The molecule has 4 nitrogen and oxygen atoms in total. The first-order valence-corrected chi connectivity index (χ1v) is 5.68. The van der Waals surface area contributed by atoms with Crippen molar-refractivity contribution in [3.8, 4) is 11.5 Å². The van der Waals surface area contributed by atoms with Crippen LogP contribution in [0.4, 0.5) is 0 Å². The van der Waals surface area contributed by atoms with E-state index < -0.39 is 6.10 Å². The minimum absolute atomic E-state index is 0.233. The fraction of sp³-hybridized carbons (Fsp3) is 0.231. The molecule has 0 bridgehead atoms. The minimum atomic E-state index is -0.932. The van der Waals surface area contributed by atoms with E-state index in [2.05, 4.69) is 0 Å². The van der Waals surface area contributed by atoms with E-state index in [1.165, 1.54) is 7.11 Å². The van der Waals surface area contributed by atoms with Gasteiger partial charge in [-0.1, -0.05) is 0 Å². The molecule has 18 heavy (non-hydrogen) atoms. The quantitative estimate of drug-likeness (QED) is 0.926. The highest BCUT2D eigenvalue weighted by Crippen LogP contribution is 2.34. The molecule has 0 spiro atoms. The van der Waals surface area contributed by atoms with Crippen molar-refractivity contribution in [1.82, 2.24) is 0 Å². The van der Waals surface area contributed by atoms with Crippen LogP contribution in [0.5, 0.6) is 11.5 Å². The highest BCUT2D eigenvalue weighted by Gasteiger charge is 2.19. The Morgan fingerprint density at radius 3 is 2.50 bits per heavy atom. The van der Waals surface area contributed by atoms with Crippen molar-refractivity contribution in [3.05, 3.63) is 46.9 Å². The second-order valence-electron chi connectivity index (χ2n) is 3.65. The molecule has 1 aromatic carbocycles. The van der Waals surface area contributed by atoms with Crippen molar-refractivity contribution in [1.29, 1.82) is 0 Å². The molecule has 0 amide bonds. The van der Waals surface area contributed by atoms with E-state index >= 15 is 0 Å². The Kier molecular flexibility index (Phi) is 3.79. The summed E-state index contributed by atoms with van der Waals surface area (Å²) >= 11 is 5.68. The van der Waals surface area contributed by atoms with Crippen LogP contribution in [0.1, 0.15) is 17.4 Å². The monoisotopic (exact) mass is 268 g/mol. The zero-order chi connectivity index (χ0) is 13.1. The summed E-state index contributed by atoms with van der Waals surface area (Å²) in [6.07, 6.45) is -0.932. The summed E-state index contributed by atoms with van der Waals surface area (Å²) in [6.45, 7) is 0. The molecule has 96 valence electrons. The Morgan fingerprint density at radius 1 is 1.17 bits per heavy atom. The molecule has 2 rings (SSSR count). The third-order valence-corrected chi connectivity index (χ3v) is 2.80. The van der Waals surface area contributed by atoms with Crippen LogP contribution in [-0.2, 0) is 0 Å². The van der Waals surface area contributed by atoms with Crippen LogP contribution < -0.4 is 9.47 Å². The van der Waals surface area contributed by atoms with Gasteiger partial charge in [0.15, 0.2) is 5.22 Å². The van der Waals surface area contributed by atoms with Gasteiger partial charge in [0.25, 0.3) is 0 Å². The number of aliphatic hydroxyl groups excluding tert-OH is 1. The van der Waals surface area contributed by atoms with E-state index in [0.717, 1.165) is 0 Å². The molecule has 0 saturated heterocycles. The molecule has 0 aliphatic rings. The van der Waals surface area contributed by atoms with E-state index in [1.54, 1.807) is 37.4 Å². The Balaban J connectivity index is 2.38. The topological polar surface area (TPSA) is 51.8 Å². The highest BCUT2D eigenvalue weighted by molar-refractivity contribution is 6.28. The van der Waals surface area contributed by atoms with Gasteiger partial charge in [0.05, 0.1) is 14.2 Å². The second kappa shape index (κ2) is 5.33. The predicted octanol–water partition coefficient (Wildman–Crippen LogP) is 3.03. The third-order valence-electron chi connectivity index (χ3n) is 2.60. The fourth-order valence-corrected chi connectivity index (χ4v) is 1.82. The molecular weight excluding hydrogens is 256 g/mol. The van der Waals surface area contributed by atoms with Crippen LogP contribution >= 0.6 is 11.6 Å². The van der Waals surface area contributed by atoms with Gasteiger partial charge in [0, 0.05) is 11.6 Å². The summed E-state index contributed by atoms with van der Waals surface area (Å²) < 4.78 is 15.5. The Hall–Kier alpha value is -1.65. The van der Waals surface area contributed by atoms with E-state index in [9.17, 15) is 5.11 Å². The number of ether oxygens (including phenoxy) is 2.